The summed E-state index contributed by atoms with van der Waals surface area (Å²) < 4.78 is 0. The van der Waals surface area contributed by atoms with E-state index in [2.05, 4.69) is 42.2 Å². The number of aromatic nitrogens is 2. The van der Waals surface area contributed by atoms with Gasteiger partial charge in [0.25, 0.3) is 0 Å². The van der Waals surface area contributed by atoms with Gasteiger partial charge in [-0.3, -0.25) is 14.7 Å². The van der Waals surface area contributed by atoms with Crippen molar-refractivity contribution in [2.75, 3.05) is 70.9 Å². The third-order valence-electron chi connectivity index (χ3n) is 6.10. The molecule has 1 amide bonds. The number of hydrogen-bond donors (Lipinski definition) is 2. The number of likely N-dealkylation sites (tertiary alicyclic amines) is 1. The third kappa shape index (κ3) is 8.34. The molecule has 1 aromatic heterocycles. The molecule has 0 aromatic carbocycles. The van der Waals surface area contributed by atoms with Crippen molar-refractivity contribution < 1.29 is 4.79 Å². The van der Waals surface area contributed by atoms with Crippen molar-refractivity contribution >= 4 is 41.8 Å². The van der Waals surface area contributed by atoms with E-state index in [1.54, 1.807) is 19.4 Å². The highest BCUT2D eigenvalue weighted by Gasteiger charge is 2.23. The number of rotatable bonds is 8. The van der Waals surface area contributed by atoms with Crippen molar-refractivity contribution in [3.63, 3.8) is 0 Å². The third-order valence-corrected chi connectivity index (χ3v) is 6.10. The van der Waals surface area contributed by atoms with Gasteiger partial charge in [0.2, 0.25) is 11.9 Å². The van der Waals surface area contributed by atoms with Crippen LogP contribution in [0.2, 0.25) is 0 Å². The Hall–Kier alpha value is -1.69. The number of carbonyl (C=O) groups excluding carboxylic acids is 1. The average molecular weight is 559 g/mol. The number of hydrogen-bond acceptors (Lipinski definition) is 6. The van der Waals surface area contributed by atoms with Crippen molar-refractivity contribution in [1.82, 2.24) is 30.4 Å². The number of guanidine groups is 1. The van der Waals surface area contributed by atoms with Gasteiger partial charge in [0.1, 0.15) is 0 Å². The van der Waals surface area contributed by atoms with Gasteiger partial charge in [0, 0.05) is 84.8 Å². The lowest BCUT2D eigenvalue weighted by atomic mass is 9.93. The molecule has 3 rings (SSSR count). The standard InChI is InChI=1S/C22H38N8O.HI/c1-3-24-21(29-12-6-19(7-13-29)18-20(31)23-2)27-10-5-11-28-14-16-30(17-15-28)22-25-8-4-9-26-22;/h4,8-9,19H,3,5-7,10-18H2,1-2H3,(H,23,31)(H,24,27);1H. The van der Waals surface area contributed by atoms with Crippen LogP contribution in [0.4, 0.5) is 5.95 Å². The molecular weight excluding hydrogens is 519 g/mol. The topological polar surface area (TPSA) is 89.0 Å². The van der Waals surface area contributed by atoms with Crippen molar-refractivity contribution in [3.05, 3.63) is 18.5 Å². The van der Waals surface area contributed by atoms with Crippen molar-refractivity contribution in [2.24, 2.45) is 10.9 Å². The Kier molecular flexibility index (Phi) is 12.0. The summed E-state index contributed by atoms with van der Waals surface area (Å²) in [4.78, 5) is 32.3. The number of aliphatic imine (C=N–C) groups is 1. The summed E-state index contributed by atoms with van der Waals surface area (Å²) in [6, 6.07) is 1.86. The molecule has 9 nitrogen and oxygen atoms in total. The number of anilines is 1. The van der Waals surface area contributed by atoms with Gasteiger partial charge in [-0.2, -0.15) is 0 Å². The summed E-state index contributed by atoms with van der Waals surface area (Å²) in [5, 5.41) is 6.18. The molecule has 180 valence electrons. The van der Waals surface area contributed by atoms with Crippen LogP contribution in [0.3, 0.4) is 0 Å². The van der Waals surface area contributed by atoms with Crippen LogP contribution in [0.15, 0.2) is 23.5 Å². The fourth-order valence-corrected chi connectivity index (χ4v) is 4.24. The van der Waals surface area contributed by atoms with Crippen LogP contribution in [0.1, 0.15) is 32.6 Å². The van der Waals surface area contributed by atoms with Crippen molar-refractivity contribution in [1.29, 1.82) is 0 Å². The summed E-state index contributed by atoms with van der Waals surface area (Å²) in [5.41, 5.74) is 0. The van der Waals surface area contributed by atoms with Crippen LogP contribution in [0.5, 0.6) is 0 Å². The van der Waals surface area contributed by atoms with Gasteiger partial charge in [-0.15, -0.1) is 24.0 Å². The SMILES string of the molecule is CCNC(=NCCCN1CCN(c2ncccn2)CC1)N1CCC(CC(=O)NC)CC1.I. The molecule has 0 saturated carbocycles. The smallest absolute Gasteiger partial charge is 0.225 e. The Labute approximate surface area is 209 Å². The van der Waals surface area contributed by atoms with Gasteiger partial charge in [0.15, 0.2) is 5.96 Å². The van der Waals surface area contributed by atoms with E-state index in [-0.39, 0.29) is 29.9 Å². The zero-order valence-electron chi connectivity index (χ0n) is 19.5. The van der Waals surface area contributed by atoms with E-state index in [9.17, 15) is 4.79 Å². The molecule has 0 spiro atoms. The highest BCUT2D eigenvalue weighted by atomic mass is 127. The molecule has 0 bridgehead atoms. The predicted molar refractivity (Wildman–Crippen MR) is 140 cm³/mol. The summed E-state index contributed by atoms with van der Waals surface area (Å²) in [6.45, 7) is 10.9. The molecule has 3 heterocycles. The molecule has 2 saturated heterocycles. The van der Waals surface area contributed by atoms with E-state index in [0.29, 0.717) is 12.3 Å². The van der Waals surface area contributed by atoms with Crippen LogP contribution in [0, 0.1) is 5.92 Å². The molecule has 2 aliphatic heterocycles. The molecule has 0 unspecified atom stereocenters. The molecule has 2 fully saturated rings. The normalized spacial score (nSPS) is 18.2. The van der Waals surface area contributed by atoms with Crippen LogP contribution < -0.4 is 15.5 Å². The number of carbonyl (C=O) groups is 1. The minimum Gasteiger partial charge on any atom is -0.359 e. The predicted octanol–water partition coefficient (Wildman–Crippen LogP) is 1.42. The fourth-order valence-electron chi connectivity index (χ4n) is 4.24. The second kappa shape index (κ2) is 14.5. The molecule has 2 N–H and O–H groups in total. The first-order valence-corrected chi connectivity index (χ1v) is 11.7. The molecule has 0 aliphatic carbocycles. The number of piperidine rings is 1. The van der Waals surface area contributed by atoms with Gasteiger partial charge < -0.3 is 20.4 Å². The van der Waals surface area contributed by atoms with Crippen molar-refractivity contribution in [2.45, 2.75) is 32.6 Å². The molecule has 10 heteroatoms. The Morgan fingerprint density at radius 1 is 1.12 bits per heavy atom. The summed E-state index contributed by atoms with van der Waals surface area (Å²) in [5.74, 6) is 2.49. The Balaban J connectivity index is 0.00000363. The van der Waals surface area contributed by atoms with Crippen molar-refractivity contribution in [3.8, 4) is 0 Å². The van der Waals surface area contributed by atoms with E-state index in [1.165, 1.54) is 0 Å². The molecule has 0 radical (unpaired) electrons. The minimum atomic E-state index is 0. The maximum Gasteiger partial charge on any atom is 0.225 e. The molecule has 2 aliphatic rings. The van der Waals surface area contributed by atoms with E-state index >= 15 is 0 Å². The minimum absolute atomic E-state index is 0. The maximum atomic E-state index is 11.6. The zero-order valence-corrected chi connectivity index (χ0v) is 21.8. The van der Waals surface area contributed by atoms with E-state index in [0.717, 1.165) is 90.1 Å². The molecule has 0 atom stereocenters. The van der Waals surface area contributed by atoms with E-state index < -0.39 is 0 Å². The lowest BCUT2D eigenvalue weighted by molar-refractivity contribution is -0.121. The largest absolute Gasteiger partial charge is 0.359 e. The Morgan fingerprint density at radius 2 is 1.81 bits per heavy atom. The summed E-state index contributed by atoms with van der Waals surface area (Å²) in [6.07, 6.45) is 7.41. The van der Waals surface area contributed by atoms with E-state index in [1.807, 2.05) is 6.07 Å². The molecule has 32 heavy (non-hydrogen) atoms. The second-order valence-electron chi connectivity index (χ2n) is 8.27. The quantitative estimate of drug-likeness (QED) is 0.216. The second-order valence-corrected chi connectivity index (χ2v) is 8.27. The first-order chi connectivity index (χ1) is 15.2. The first-order valence-electron chi connectivity index (χ1n) is 11.7. The number of piperazine rings is 1. The fraction of sp³-hybridized carbons (Fsp3) is 0.727. The summed E-state index contributed by atoms with van der Waals surface area (Å²) in [7, 11) is 1.71. The van der Waals surface area contributed by atoms with Crippen LogP contribution in [-0.2, 0) is 4.79 Å². The van der Waals surface area contributed by atoms with Crippen LogP contribution in [0.25, 0.3) is 0 Å². The number of amides is 1. The average Bonchev–Trinajstić information content (AvgIpc) is 2.82. The summed E-state index contributed by atoms with van der Waals surface area (Å²) >= 11 is 0. The number of halogens is 1. The lowest BCUT2D eigenvalue weighted by Gasteiger charge is -2.35. The maximum absolute atomic E-state index is 11.6. The van der Waals surface area contributed by atoms with Crippen LogP contribution in [-0.4, -0.2) is 97.6 Å². The number of nitrogens with zero attached hydrogens (tertiary/aromatic N) is 6. The number of nitrogens with one attached hydrogen (secondary N) is 2. The van der Waals surface area contributed by atoms with E-state index in [4.69, 9.17) is 4.99 Å². The van der Waals surface area contributed by atoms with Gasteiger partial charge in [-0.05, 0) is 38.2 Å². The highest BCUT2D eigenvalue weighted by Crippen LogP contribution is 2.20. The highest BCUT2D eigenvalue weighted by molar-refractivity contribution is 14.0. The Morgan fingerprint density at radius 3 is 2.44 bits per heavy atom. The zero-order chi connectivity index (χ0) is 21.9. The van der Waals surface area contributed by atoms with Gasteiger partial charge in [-0.25, -0.2) is 9.97 Å². The Bertz CT molecular complexity index is 688. The van der Waals surface area contributed by atoms with Gasteiger partial charge in [-0.1, -0.05) is 0 Å². The lowest BCUT2D eigenvalue weighted by Crippen LogP contribution is -2.47. The monoisotopic (exact) mass is 558 g/mol. The molecular formula is C22H39IN8O. The van der Waals surface area contributed by atoms with Gasteiger partial charge in [0.05, 0.1) is 0 Å². The van der Waals surface area contributed by atoms with Crippen LogP contribution >= 0.6 is 24.0 Å². The first kappa shape index (κ1) is 26.6. The van der Waals surface area contributed by atoms with Gasteiger partial charge >= 0.3 is 0 Å². The molecule has 1 aromatic rings.